The lowest BCUT2D eigenvalue weighted by Gasteiger charge is -1.99. The van der Waals surface area contributed by atoms with Gasteiger partial charge in [-0.15, -0.1) is 0 Å². The van der Waals surface area contributed by atoms with Gasteiger partial charge in [0, 0.05) is 6.42 Å². The molecule has 0 aromatic heterocycles. The predicted octanol–water partition coefficient (Wildman–Crippen LogP) is 3.60. The Labute approximate surface area is 124 Å². The van der Waals surface area contributed by atoms with Crippen LogP contribution >= 0.6 is 0 Å². The van der Waals surface area contributed by atoms with Crippen molar-refractivity contribution in [1.82, 2.24) is 0 Å². The Kier molecular flexibility index (Phi) is 5.36. The minimum Gasteiger partial charge on any atom is -0.351 e. The normalized spacial score (nSPS) is 10.7. The molecule has 5 nitrogen and oxygen atoms in total. The molecule has 0 unspecified atom stereocenters. The van der Waals surface area contributed by atoms with E-state index in [1.807, 2.05) is 42.5 Å². The number of aryl methyl sites for hydroxylation is 1. The third-order valence-electron chi connectivity index (χ3n) is 2.79. The molecule has 0 spiro atoms. The SMILES string of the molecule is O=S(=O)=C(O)CCc1ccc(N=Nc2ccccc2)cc1. The summed E-state index contributed by atoms with van der Waals surface area (Å²) in [7, 11) is -2.52. The van der Waals surface area contributed by atoms with Crippen molar-refractivity contribution in [2.24, 2.45) is 10.2 Å². The van der Waals surface area contributed by atoms with Crippen molar-refractivity contribution in [2.45, 2.75) is 12.8 Å². The van der Waals surface area contributed by atoms with Gasteiger partial charge in [-0.25, -0.2) is 0 Å². The number of nitrogens with zero attached hydrogens (tertiary/aromatic N) is 2. The summed E-state index contributed by atoms with van der Waals surface area (Å²) in [5.41, 5.74) is 2.41. The van der Waals surface area contributed by atoms with Gasteiger partial charge in [0.15, 0.2) is 5.05 Å². The summed E-state index contributed by atoms with van der Waals surface area (Å²) in [4.78, 5) is 0. The van der Waals surface area contributed by atoms with Gasteiger partial charge >= 0.3 is 0 Å². The Hall–Kier alpha value is -2.31. The summed E-state index contributed by atoms with van der Waals surface area (Å²) in [6.07, 6.45) is 0.552. The first-order valence-electron chi connectivity index (χ1n) is 6.35. The molecule has 0 bridgehead atoms. The van der Waals surface area contributed by atoms with E-state index in [0.717, 1.165) is 11.3 Å². The van der Waals surface area contributed by atoms with Crippen molar-refractivity contribution >= 4 is 26.7 Å². The van der Waals surface area contributed by atoms with Crippen LogP contribution in [-0.2, 0) is 16.7 Å². The lowest BCUT2D eigenvalue weighted by molar-refractivity contribution is 0.539. The highest BCUT2D eigenvalue weighted by Gasteiger charge is 1.99. The van der Waals surface area contributed by atoms with Gasteiger partial charge in [0.1, 0.15) is 0 Å². The molecule has 0 aliphatic rings. The van der Waals surface area contributed by atoms with E-state index < -0.39 is 15.3 Å². The van der Waals surface area contributed by atoms with Crippen LogP contribution in [0.25, 0.3) is 0 Å². The van der Waals surface area contributed by atoms with Gasteiger partial charge < -0.3 is 5.11 Å². The van der Waals surface area contributed by atoms with Crippen LogP contribution in [0.1, 0.15) is 12.0 Å². The van der Waals surface area contributed by atoms with Gasteiger partial charge in [-0.1, -0.05) is 30.3 Å². The zero-order valence-corrected chi connectivity index (χ0v) is 12.0. The van der Waals surface area contributed by atoms with Crippen molar-refractivity contribution in [3.8, 4) is 0 Å². The first-order valence-corrected chi connectivity index (χ1v) is 7.42. The Morgan fingerprint density at radius 3 is 2.05 bits per heavy atom. The van der Waals surface area contributed by atoms with Crippen LogP contribution in [0.4, 0.5) is 11.4 Å². The van der Waals surface area contributed by atoms with Crippen LogP contribution in [0.3, 0.4) is 0 Å². The van der Waals surface area contributed by atoms with Crippen molar-refractivity contribution in [1.29, 1.82) is 0 Å². The number of aliphatic hydroxyl groups is 1. The average Bonchev–Trinajstić information content (AvgIpc) is 2.52. The molecule has 1 N–H and O–H groups in total. The van der Waals surface area contributed by atoms with E-state index in [-0.39, 0.29) is 6.42 Å². The van der Waals surface area contributed by atoms with Gasteiger partial charge in [0.05, 0.1) is 11.4 Å². The van der Waals surface area contributed by atoms with Crippen LogP contribution < -0.4 is 0 Å². The molecular weight excluding hydrogens is 288 g/mol. The summed E-state index contributed by atoms with van der Waals surface area (Å²) in [5, 5.41) is 16.8. The van der Waals surface area contributed by atoms with E-state index in [0.29, 0.717) is 12.1 Å². The maximum absolute atomic E-state index is 10.5. The van der Waals surface area contributed by atoms with Gasteiger partial charge in [0.25, 0.3) is 0 Å². The van der Waals surface area contributed by atoms with Gasteiger partial charge in [0.2, 0.25) is 10.3 Å². The maximum atomic E-state index is 10.5. The van der Waals surface area contributed by atoms with E-state index in [9.17, 15) is 8.42 Å². The number of hydrogen-bond donors (Lipinski definition) is 1. The highest BCUT2D eigenvalue weighted by molar-refractivity contribution is 7.72. The predicted molar refractivity (Wildman–Crippen MR) is 81.9 cm³/mol. The summed E-state index contributed by atoms with van der Waals surface area (Å²) in [6.45, 7) is 0. The molecule has 2 aromatic carbocycles. The van der Waals surface area contributed by atoms with E-state index in [1.165, 1.54) is 0 Å². The topological polar surface area (TPSA) is 79.1 Å². The largest absolute Gasteiger partial charge is 0.351 e. The number of benzene rings is 2. The second-order valence-electron chi connectivity index (χ2n) is 4.33. The maximum Gasteiger partial charge on any atom is 0.240 e. The molecular formula is C15H14N2O3S. The number of aliphatic hydroxyl groups excluding tert-OH is 1. The molecule has 0 amide bonds. The monoisotopic (exact) mass is 302 g/mol. The Morgan fingerprint density at radius 1 is 0.905 bits per heavy atom. The van der Waals surface area contributed by atoms with Crippen molar-refractivity contribution < 1.29 is 13.5 Å². The molecule has 0 saturated heterocycles. The number of hydrogen-bond acceptors (Lipinski definition) is 4. The molecule has 0 radical (unpaired) electrons. The Morgan fingerprint density at radius 2 is 1.48 bits per heavy atom. The fraction of sp³-hybridized carbons (Fsp3) is 0.133. The average molecular weight is 302 g/mol. The summed E-state index contributed by atoms with van der Waals surface area (Å²) >= 11 is 0. The smallest absolute Gasteiger partial charge is 0.240 e. The van der Waals surface area contributed by atoms with Crippen LogP contribution in [0.5, 0.6) is 0 Å². The molecule has 108 valence electrons. The molecule has 0 saturated carbocycles. The Bertz CT molecular complexity index is 743. The molecule has 0 aliphatic carbocycles. The summed E-state index contributed by atoms with van der Waals surface area (Å²) in [6, 6.07) is 16.7. The van der Waals surface area contributed by atoms with Crippen LogP contribution in [0, 0.1) is 0 Å². The van der Waals surface area contributed by atoms with Crippen LogP contribution in [0.15, 0.2) is 64.8 Å². The fourth-order valence-electron chi connectivity index (χ4n) is 1.67. The molecule has 0 fully saturated rings. The molecule has 21 heavy (non-hydrogen) atoms. The minimum atomic E-state index is -2.52. The van der Waals surface area contributed by atoms with E-state index in [4.69, 9.17) is 5.11 Å². The molecule has 2 aromatic rings. The number of rotatable bonds is 5. The molecule has 0 heterocycles. The van der Waals surface area contributed by atoms with E-state index in [2.05, 4.69) is 10.2 Å². The van der Waals surface area contributed by atoms with Gasteiger partial charge in [-0.3, -0.25) is 0 Å². The zero-order valence-electron chi connectivity index (χ0n) is 11.2. The molecule has 0 aliphatic heterocycles. The second-order valence-corrected chi connectivity index (χ2v) is 5.27. The summed E-state index contributed by atoms with van der Waals surface area (Å²) < 4.78 is 21.0. The third kappa shape index (κ3) is 4.94. The van der Waals surface area contributed by atoms with Crippen LogP contribution in [-0.4, -0.2) is 18.6 Å². The number of azo groups is 1. The zero-order chi connectivity index (χ0) is 15.1. The molecule has 6 heteroatoms. The van der Waals surface area contributed by atoms with Gasteiger partial charge in [-0.2, -0.15) is 18.6 Å². The van der Waals surface area contributed by atoms with Crippen molar-refractivity contribution in [2.75, 3.05) is 0 Å². The van der Waals surface area contributed by atoms with Crippen molar-refractivity contribution in [3.05, 3.63) is 60.2 Å². The van der Waals surface area contributed by atoms with E-state index in [1.54, 1.807) is 12.1 Å². The molecule has 0 atom stereocenters. The minimum absolute atomic E-state index is 0.0982. The highest BCUT2D eigenvalue weighted by atomic mass is 32.2. The first kappa shape index (κ1) is 15.1. The quantitative estimate of drug-likeness (QED) is 0.677. The lowest BCUT2D eigenvalue weighted by atomic mass is 10.1. The first-order chi connectivity index (χ1) is 10.1. The third-order valence-corrected chi connectivity index (χ3v) is 3.38. The highest BCUT2D eigenvalue weighted by Crippen LogP contribution is 2.18. The van der Waals surface area contributed by atoms with Crippen LogP contribution in [0.2, 0.25) is 0 Å². The molecule has 2 rings (SSSR count). The van der Waals surface area contributed by atoms with Crippen molar-refractivity contribution in [3.63, 3.8) is 0 Å². The second kappa shape index (κ2) is 7.47. The lowest BCUT2D eigenvalue weighted by Crippen LogP contribution is -1.99. The standard InChI is InChI=1S/C15H14N2O3S/c18-15(21(19)20)11-8-12-6-9-14(10-7-12)17-16-13-4-2-1-3-5-13/h1-7,9-10,18H,8,11H2. The Balaban J connectivity index is 1.99. The summed E-state index contributed by atoms with van der Waals surface area (Å²) in [5.74, 6) is 0. The van der Waals surface area contributed by atoms with E-state index >= 15 is 0 Å². The fourth-order valence-corrected chi connectivity index (χ4v) is 1.94. The van der Waals surface area contributed by atoms with Gasteiger partial charge in [-0.05, 0) is 36.2 Å².